The maximum Gasteiger partial charge on any atom is 0.166 e. The Bertz CT molecular complexity index is 371. The second-order valence-corrected chi connectivity index (χ2v) is 5.06. The zero-order chi connectivity index (χ0) is 12.8. The fraction of sp³-hybridized carbons (Fsp3) is 0.600. The Morgan fingerprint density at radius 3 is 2.83 bits per heavy atom. The molecule has 0 aliphatic heterocycles. The molecule has 1 fully saturated rings. The van der Waals surface area contributed by atoms with Gasteiger partial charge in [-0.2, -0.15) is 0 Å². The van der Waals surface area contributed by atoms with Crippen LogP contribution in [-0.2, 0) is 16.0 Å². The van der Waals surface area contributed by atoms with Crippen LogP contribution in [0.15, 0.2) is 24.5 Å². The van der Waals surface area contributed by atoms with Crippen LogP contribution in [0.4, 0.5) is 0 Å². The molecule has 0 aromatic carbocycles. The molecule has 2 rings (SSSR count). The molecule has 1 aliphatic carbocycles. The summed E-state index contributed by atoms with van der Waals surface area (Å²) in [6.07, 6.45) is 9.68. The molecule has 0 N–H and O–H groups in total. The van der Waals surface area contributed by atoms with Crippen LogP contribution in [0, 0.1) is 5.92 Å². The van der Waals surface area contributed by atoms with Crippen LogP contribution >= 0.6 is 0 Å². The topological polar surface area (TPSA) is 39.2 Å². The quantitative estimate of drug-likeness (QED) is 0.803. The van der Waals surface area contributed by atoms with Gasteiger partial charge in [-0.15, -0.1) is 0 Å². The molecule has 1 aromatic heterocycles. The number of carbonyl (C=O) groups is 1. The lowest BCUT2D eigenvalue weighted by Gasteiger charge is -2.28. The van der Waals surface area contributed by atoms with E-state index in [9.17, 15) is 4.79 Å². The predicted octanol–water partition coefficient (Wildman–Crippen LogP) is 2.79. The number of nitrogens with zero attached hydrogens (tertiary/aromatic N) is 1. The SMILES string of the molecule is COC(C(=O)Cc1cccnc1)C1CCCCC1. The Morgan fingerprint density at radius 1 is 1.44 bits per heavy atom. The first-order chi connectivity index (χ1) is 8.81. The maximum absolute atomic E-state index is 12.3. The molecule has 1 aliphatic rings. The molecule has 1 saturated carbocycles. The molecule has 3 nitrogen and oxygen atoms in total. The molecule has 0 saturated heterocycles. The Hall–Kier alpha value is -1.22. The first-order valence-electron chi connectivity index (χ1n) is 6.75. The third-order valence-electron chi connectivity index (χ3n) is 3.75. The zero-order valence-electron chi connectivity index (χ0n) is 11.0. The second-order valence-electron chi connectivity index (χ2n) is 5.06. The molecule has 1 atom stereocenters. The van der Waals surface area contributed by atoms with Crippen LogP contribution in [0.5, 0.6) is 0 Å². The Balaban J connectivity index is 1.96. The van der Waals surface area contributed by atoms with E-state index >= 15 is 0 Å². The zero-order valence-corrected chi connectivity index (χ0v) is 11.0. The van der Waals surface area contributed by atoms with Crippen LogP contribution in [0.1, 0.15) is 37.7 Å². The number of hydrogen-bond acceptors (Lipinski definition) is 3. The summed E-state index contributed by atoms with van der Waals surface area (Å²) in [6, 6.07) is 3.81. The van der Waals surface area contributed by atoms with E-state index in [-0.39, 0.29) is 11.9 Å². The lowest BCUT2D eigenvalue weighted by molar-refractivity contribution is -0.132. The number of pyridine rings is 1. The summed E-state index contributed by atoms with van der Waals surface area (Å²) in [5, 5.41) is 0. The molecular formula is C15H21NO2. The molecule has 1 unspecified atom stereocenters. The van der Waals surface area contributed by atoms with Gasteiger partial charge < -0.3 is 4.74 Å². The third-order valence-corrected chi connectivity index (χ3v) is 3.75. The second kappa shape index (κ2) is 6.64. The highest BCUT2D eigenvalue weighted by Crippen LogP contribution is 2.28. The van der Waals surface area contributed by atoms with Crippen molar-refractivity contribution in [3.8, 4) is 0 Å². The largest absolute Gasteiger partial charge is 0.373 e. The van der Waals surface area contributed by atoms with Gasteiger partial charge in [0.2, 0.25) is 0 Å². The third kappa shape index (κ3) is 3.39. The minimum atomic E-state index is -0.231. The number of methoxy groups -OCH3 is 1. The lowest BCUT2D eigenvalue weighted by Crippen LogP contribution is -2.34. The van der Waals surface area contributed by atoms with E-state index in [2.05, 4.69) is 4.98 Å². The van der Waals surface area contributed by atoms with Gasteiger partial charge in [0.1, 0.15) is 6.10 Å². The van der Waals surface area contributed by atoms with Crippen molar-refractivity contribution in [2.75, 3.05) is 7.11 Å². The lowest BCUT2D eigenvalue weighted by atomic mass is 9.83. The summed E-state index contributed by atoms with van der Waals surface area (Å²) in [5.74, 6) is 0.602. The Morgan fingerprint density at radius 2 is 2.22 bits per heavy atom. The van der Waals surface area contributed by atoms with Gasteiger partial charge in [0, 0.05) is 25.9 Å². The molecule has 98 valence electrons. The van der Waals surface area contributed by atoms with Crippen LogP contribution in [-0.4, -0.2) is 24.0 Å². The van der Waals surface area contributed by atoms with Gasteiger partial charge >= 0.3 is 0 Å². The number of ether oxygens (including phenoxy) is 1. The predicted molar refractivity (Wildman–Crippen MR) is 70.3 cm³/mol. The minimum Gasteiger partial charge on any atom is -0.373 e. The van der Waals surface area contributed by atoms with Crippen LogP contribution < -0.4 is 0 Å². The highest BCUT2D eigenvalue weighted by molar-refractivity contribution is 5.85. The number of rotatable bonds is 5. The van der Waals surface area contributed by atoms with Crippen molar-refractivity contribution in [2.24, 2.45) is 5.92 Å². The van der Waals surface area contributed by atoms with E-state index in [1.807, 2.05) is 12.1 Å². The highest BCUT2D eigenvalue weighted by Gasteiger charge is 2.29. The normalized spacial score (nSPS) is 18.5. The van der Waals surface area contributed by atoms with E-state index in [4.69, 9.17) is 4.74 Å². The van der Waals surface area contributed by atoms with E-state index in [0.717, 1.165) is 18.4 Å². The summed E-state index contributed by atoms with van der Waals surface area (Å²) in [4.78, 5) is 16.3. The molecule has 18 heavy (non-hydrogen) atoms. The van der Waals surface area contributed by atoms with Crippen molar-refractivity contribution in [2.45, 2.75) is 44.6 Å². The Labute approximate surface area is 109 Å². The fourth-order valence-electron chi connectivity index (χ4n) is 2.83. The molecule has 1 aromatic rings. The summed E-state index contributed by atoms with van der Waals surface area (Å²) >= 11 is 0. The van der Waals surface area contributed by atoms with Crippen LogP contribution in [0.2, 0.25) is 0 Å². The molecule has 0 spiro atoms. The van der Waals surface area contributed by atoms with Gasteiger partial charge in [0.15, 0.2) is 5.78 Å². The standard InChI is InChI=1S/C15H21NO2/c1-18-15(13-7-3-2-4-8-13)14(17)10-12-6-5-9-16-11-12/h5-6,9,11,13,15H,2-4,7-8,10H2,1H3. The molecule has 0 amide bonds. The van der Waals surface area contributed by atoms with Gasteiger partial charge in [-0.05, 0) is 30.4 Å². The molecule has 0 radical (unpaired) electrons. The van der Waals surface area contributed by atoms with Gasteiger partial charge in [-0.3, -0.25) is 9.78 Å². The Kier molecular flexibility index (Phi) is 4.88. The maximum atomic E-state index is 12.3. The van der Waals surface area contributed by atoms with Crippen molar-refractivity contribution in [1.29, 1.82) is 0 Å². The minimum absolute atomic E-state index is 0.192. The number of aromatic nitrogens is 1. The fourth-order valence-corrected chi connectivity index (χ4v) is 2.83. The van der Waals surface area contributed by atoms with Gasteiger partial charge in [-0.1, -0.05) is 25.3 Å². The number of ketones is 1. The smallest absolute Gasteiger partial charge is 0.166 e. The molecular weight excluding hydrogens is 226 g/mol. The first-order valence-corrected chi connectivity index (χ1v) is 6.75. The summed E-state index contributed by atoms with van der Waals surface area (Å²) in [6.45, 7) is 0. The van der Waals surface area contributed by atoms with Crippen molar-refractivity contribution in [1.82, 2.24) is 4.98 Å². The van der Waals surface area contributed by atoms with Crippen molar-refractivity contribution in [3.05, 3.63) is 30.1 Å². The average Bonchev–Trinajstić information content (AvgIpc) is 2.42. The van der Waals surface area contributed by atoms with Gasteiger partial charge in [0.05, 0.1) is 0 Å². The van der Waals surface area contributed by atoms with E-state index in [0.29, 0.717) is 12.3 Å². The number of hydrogen-bond donors (Lipinski definition) is 0. The molecule has 1 heterocycles. The average molecular weight is 247 g/mol. The van der Waals surface area contributed by atoms with E-state index in [1.54, 1.807) is 19.5 Å². The van der Waals surface area contributed by atoms with Gasteiger partial charge in [0.25, 0.3) is 0 Å². The number of carbonyl (C=O) groups excluding carboxylic acids is 1. The number of Topliss-reactive ketones (excluding diaryl/α,β-unsaturated/α-hetero) is 1. The highest BCUT2D eigenvalue weighted by atomic mass is 16.5. The van der Waals surface area contributed by atoms with Crippen LogP contribution in [0.25, 0.3) is 0 Å². The van der Waals surface area contributed by atoms with Crippen molar-refractivity contribution in [3.63, 3.8) is 0 Å². The monoisotopic (exact) mass is 247 g/mol. The van der Waals surface area contributed by atoms with Gasteiger partial charge in [-0.25, -0.2) is 0 Å². The van der Waals surface area contributed by atoms with Crippen molar-refractivity contribution < 1.29 is 9.53 Å². The molecule has 3 heteroatoms. The first kappa shape index (κ1) is 13.2. The molecule has 0 bridgehead atoms. The van der Waals surface area contributed by atoms with Crippen molar-refractivity contribution >= 4 is 5.78 Å². The summed E-state index contributed by atoms with van der Waals surface area (Å²) < 4.78 is 5.45. The van der Waals surface area contributed by atoms with Crippen LogP contribution in [0.3, 0.4) is 0 Å². The summed E-state index contributed by atoms with van der Waals surface area (Å²) in [5.41, 5.74) is 0.973. The summed E-state index contributed by atoms with van der Waals surface area (Å²) in [7, 11) is 1.65. The van der Waals surface area contributed by atoms with E-state index in [1.165, 1.54) is 19.3 Å². The van der Waals surface area contributed by atoms with E-state index < -0.39 is 0 Å².